The molecule has 2 aliphatic heterocycles. The van der Waals surface area contributed by atoms with E-state index in [1.54, 1.807) is 0 Å². The molecule has 0 radical (unpaired) electrons. The van der Waals surface area contributed by atoms with Crippen molar-refractivity contribution in [2.75, 3.05) is 0 Å². The van der Waals surface area contributed by atoms with E-state index in [2.05, 4.69) is 16.2 Å². The Kier molecular flexibility index (Phi) is 3.60. The minimum Gasteiger partial charge on any atom is -0.372 e. The zero-order valence-corrected chi connectivity index (χ0v) is 9.83. The van der Waals surface area contributed by atoms with Crippen LogP contribution in [0.2, 0.25) is 0 Å². The highest BCUT2D eigenvalue weighted by Gasteiger charge is 2.29. The van der Waals surface area contributed by atoms with E-state index in [4.69, 9.17) is 12.2 Å². The molecular formula is C13H17N3O. The number of dihydropyridines is 1. The van der Waals surface area contributed by atoms with Gasteiger partial charge in [0.1, 0.15) is 0 Å². The van der Waals surface area contributed by atoms with Gasteiger partial charge in [0.2, 0.25) is 0 Å². The Morgan fingerprint density at radius 3 is 3.12 bits per heavy atom. The van der Waals surface area contributed by atoms with Crippen molar-refractivity contribution in [3.8, 4) is 12.3 Å². The average molecular weight is 231 g/mol. The van der Waals surface area contributed by atoms with E-state index in [-0.39, 0.29) is 12.1 Å². The Balaban J connectivity index is 1.89. The van der Waals surface area contributed by atoms with Crippen molar-refractivity contribution in [2.24, 2.45) is 10.7 Å². The Hall–Kier alpha value is -1.60. The summed E-state index contributed by atoms with van der Waals surface area (Å²) in [6, 6.07) is 0. The first-order valence-electron chi connectivity index (χ1n) is 5.99. The van der Waals surface area contributed by atoms with E-state index in [1.165, 1.54) is 0 Å². The maximum Gasteiger partial charge on any atom is 0.274 e. The Morgan fingerprint density at radius 2 is 2.35 bits per heavy atom. The smallest absolute Gasteiger partial charge is 0.274 e. The van der Waals surface area contributed by atoms with Gasteiger partial charge in [-0.2, -0.15) is 0 Å². The van der Waals surface area contributed by atoms with E-state index in [0.717, 1.165) is 49.1 Å². The molecule has 3 N–H and O–H groups in total. The number of rotatable bonds is 4. The van der Waals surface area contributed by atoms with Gasteiger partial charge in [0.05, 0.1) is 6.17 Å². The van der Waals surface area contributed by atoms with Crippen molar-refractivity contribution in [2.45, 2.75) is 44.7 Å². The highest BCUT2D eigenvalue weighted by atomic mass is 16.1. The first kappa shape index (κ1) is 11.9. The molecule has 0 aromatic heterocycles. The topological polar surface area (TPSA) is 67.5 Å². The van der Waals surface area contributed by atoms with Crippen molar-refractivity contribution in [1.82, 2.24) is 5.32 Å². The number of amides is 1. The van der Waals surface area contributed by atoms with E-state index < -0.39 is 0 Å². The van der Waals surface area contributed by atoms with Gasteiger partial charge >= 0.3 is 0 Å². The standard InChI is InChI=1S/C13H17N3O/c1-2-3-4-5-6-9-7-11-10(13(17)15-9)8-12(14)16-11/h1,12,16H,3-8,14H2. The molecule has 0 aromatic rings. The minimum atomic E-state index is -0.125. The molecule has 4 nitrogen and oxygen atoms in total. The molecule has 0 fully saturated rings. The lowest BCUT2D eigenvalue weighted by molar-refractivity contribution is -0.114. The second kappa shape index (κ2) is 5.15. The molecule has 1 unspecified atom stereocenters. The van der Waals surface area contributed by atoms with Crippen LogP contribution in [0.4, 0.5) is 0 Å². The number of carbonyl (C=O) groups is 1. The number of hydrogen-bond donors (Lipinski definition) is 2. The van der Waals surface area contributed by atoms with Crippen LogP contribution in [-0.4, -0.2) is 17.8 Å². The van der Waals surface area contributed by atoms with Crippen molar-refractivity contribution < 1.29 is 4.79 Å². The fourth-order valence-corrected chi connectivity index (χ4v) is 2.23. The number of nitrogens with two attached hydrogens (primary N) is 1. The monoisotopic (exact) mass is 231 g/mol. The summed E-state index contributed by atoms with van der Waals surface area (Å²) < 4.78 is 0. The number of hydrogen-bond acceptors (Lipinski definition) is 3. The highest BCUT2D eigenvalue weighted by molar-refractivity contribution is 6.08. The number of nitrogens with one attached hydrogen (secondary N) is 1. The summed E-state index contributed by atoms with van der Waals surface area (Å²) in [6.07, 6.45) is 10.0. The maximum absolute atomic E-state index is 11.7. The second-order valence-electron chi connectivity index (χ2n) is 4.48. The zero-order valence-electron chi connectivity index (χ0n) is 9.83. The van der Waals surface area contributed by atoms with Crippen molar-refractivity contribution >= 4 is 11.6 Å². The summed E-state index contributed by atoms with van der Waals surface area (Å²) in [6.45, 7) is 0. The zero-order chi connectivity index (χ0) is 12.3. The molecular weight excluding hydrogens is 214 g/mol. The number of terminal acetylenes is 1. The number of nitrogens with zero attached hydrogens (tertiary/aromatic N) is 1. The largest absolute Gasteiger partial charge is 0.372 e. The number of unbranched alkanes of at least 4 members (excludes halogenated alkanes) is 2. The fraction of sp³-hybridized carbons (Fsp3) is 0.538. The Labute approximate surface area is 101 Å². The third-order valence-corrected chi connectivity index (χ3v) is 3.08. The number of aliphatic imine (C=N–C) groups is 1. The van der Waals surface area contributed by atoms with Crippen LogP contribution in [0.3, 0.4) is 0 Å². The van der Waals surface area contributed by atoms with Gasteiger partial charge in [-0.25, -0.2) is 4.99 Å². The van der Waals surface area contributed by atoms with Crippen molar-refractivity contribution in [1.29, 1.82) is 0 Å². The molecule has 1 atom stereocenters. The summed E-state index contributed by atoms with van der Waals surface area (Å²) in [5, 5.41) is 3.14. The summed E-state index contributed by atoms with van der Waals surface area (Å²) in [5.74, 6) is 2.50. The molecule has 0 saturated heterocycles. The third-order valence-electron chi connectivity index (χ3n) is 3.08. The molecule has 0 aromatic carbocycles. The van der Waals surface area contributed by atoms with Crippen LogP contribution in [0, 0.1) is 12.3 Å². The van der Waals surface area contributed by atoms with E-state index >= 15 is 0 Å². The van der Waals surface area contributed by atoms with Gasteiger partial charge in [-0.05, 0) is 19.3 Å². The normalized spacial score (nSPS) is 22.9. The van der Waals surface area contributed by atoms with Crippen molar-refractivity contribution in [3.05, 3.63) is 11.3 Å². The molecule has 0 spiro atoms. The van der Waals surface area contributed by atoms with Crippen LogP contribution < -0.4 is 11.1 Å². The Bertz CT molecular complexity index is 428. The highest BCUT2D eigenvalue weighted by Crippen LogP contribution is 2.25. The second-order valence-corrected chi connectivity index (χ2v) is 4.48. The van der Waals surface area contributed by atoms with Crippen LogP contribution in [0.25, 0.3) is 0 Å². The van der Waals surface area contributed by atoms with E-state index in [0.29, 0.717) is 6.42 Å². The first-order chi connectivity index (χ1) is 8.20. The summed E-state index contributed by atoms with van der Waals surface area (Å²) in [4.78, 5) is 15.9. The van der Waals surface area contributed by atoms with Gasteiger partial charge in [0.25, 0.3) is 5.91 Å². The van der Waals surface area contributed by atoms with E-state index in [9.17, 15) is 4.79 Å². The Morgan fingerprint density at radius 1 is 1.53 bits per heavy atom. The van der Waals surface area contributed by atoms with Gasteiger partial charge in [-0.15, -0.1) is 12.3 Å². The molecule has 2 aliphatic rings. The van der Waals surface area contributed by atoms with Crippen LogP contribution in [0.5, 0.6) is 0 Å². The maximum atomic E-state index is 11.7. The fourth-order valence-electron chi connectivity index (χ4n) is 2.23. The predicted molar refractivity (Wildman–Crippen MR) is 67.1 cm³/mol. The molecule has 2 heterocycles. The van der Waals surface area contributed by atoms with Crippen LogP contribution in [0.1, 0.15) is 38.5 Å². The first-order valence-corrected chi connectivity index (χ1v) is 5.99. The lowest BCUT2D eigenvalue weighted by Crippen LogP contribution is -2.31. The van der Waals surface area contributed by atoms with E-state index in [1.807, 2.05) is 0 Å². The van der Waals surface area contributed by atoms with Crippen LogP contribution in [-0.2, 0) is 4.79 Å². The number of carbonyl (C=O) groups excluding carboxylic acids is 1. The summed E-state index contributed by atoms with van der Waals surface area (Å²) >= 11 is 0. The molecule has 0 saturated carbocycles. The van der Waals surface area contributed by atoms with Gasteiger partial charge in [0, 0.05) is 36.2 Å². The molecule has 2 rings (SSSR count). The third kappa shape index (κ3) is 2.75. The lowest BCUT2D eigenvalue weighted by atomic mass is 10.0. The lowest BCUT2D eigenvalue weighted by Gasteiger charge is -2.14. The van der Waals surface area contributed by atoms with Gasteiger partial charge in [-0.3, -0.25) is 4.79 Å². The SMILES string of the molecule is C#CCCCCC1=NC(=O)C2=C(C1)NC(N)C2. The minimum absolute atomic E-state index is 0.112. The van der Waals surface area contributed by atoms with Gasteiger partial charge in [0.15, 0.2) is 0 Å². The summed E-state index contributed by atoms with van der Waals surface area (Å²) in [5.41, 5.74) is 8.46. The van der Waals surface area contributed by atoms with Crippen LogP contribution in [0.15, 0.2) is 16.3 Å². The molecule has 90 valence electrons. The summed E-state index contributed by atoms with van der Waals surface area (Å²) in [7, 11) is 0. The van der Waals surface area contributed by atoms with Crippen LogP contribution >= 0.6 is 0 Å². The predicted octanol–water partition coefficient (Wildman–Crippen LogP) is 1.08. The number of allylic oxidation sites excluding steroid dienone is 1. The van der Waals surface area contributed by atoms with Gasteiger partial charge in [-0.1, -0.05) is 0 Å². The van der Waals surface area contributed by atoms with Crippen molar-refractivity contribution in [3.63, 3.8) is 0 Å². The quantitative estimate of drug-likeness (QED) is 0.562. The molecule has 17 heavy (non-hydrogen) atoms. The van der Waals surface area contributed by atoms with Gasteiger partial charge < -0.3 is 11.1 Å². The molecule has 4 heteroatoms. The molecule has 0 aliphatic carbocycles. The molecule has 1 amide bonds. The average Bonchev–Trinajstić information content (AvgIpc) is 2.66. The molecule has 0 bridgehead atoms.